The van der Waals surface area contributed by atoms with Crippen LogP contribution in [0, 0.1) is 0 Å². The van der Waals surface area contributed by atoms with Gasteiger partial charge in [-0.1, -0.05) is 12.1 Å². The third kappa shape index (κ3) is 5.61. The van der Waals surface area contributed by atoms with Crippen molar-refractivity contribution in [2.45, 2.75) is 19.1 Å². The minimum atomic E-state index is -4.38. The lowest BCUT2D eigenvalue weighted by Gasteiger charge is -2.10. The molecule has 0 aliphatic carbocycles. The van der Waals surface area contributed by atoms with E-state index >= 15 is 0 Å². The normalized spacial score (nSPS) is 11.1. The lowest BCUT2D eigenvalue weighted by Crippen LogP contribution is -2.25. The summed E-state index contributed by atoms with van der Waals surface area (Å²) in [6.45, 7) is 0.568. The molecule has 0 fully saturated rings. The number of alkyl halides is 3. The van der Waals surface area contributed by atoms with Gasteiger partial charge in [0.15, 0.2) is 0 Å². The number of carbonyl (C=O) groups is 1. The summed E-state index contributed by atoms with van der Waals surface area (Å²) in [7, 11) is 0. The number of aromatic nitrogens is 1. The SMILES string of the molecule is O=C(CCNc1cccc(C(F)(F)F)c1)NCc1ccccn1. The predicted octanol–water partition coefficient (Wildman–Crippen LogP) is 3.22. The molecular formula is C16H16F3N3O. The van der Waals surface area contributed by atoms with E-state index in [9.17, 15) is 18.0 Å². The van der Waals surface area contributed by atoms with Gasteiger partial charge in [0.2, 0.25) is 5.91 Å². The summed E-state index contributed by atoms with van der Waals surface area (Å²) in [6.07, 6.45) is -2.59. The van der Waals surface area contributed by atoms with Crippen LogP contribution in [0.4, 0.5) is 18.9 Å². The summed E-state index contributed by atoms with van der Waals surface area (Å²) in [5, 5.41) is 5.51. The van der Waals surface area contributed by atoms with E-state index in [1.54, 1.807) is 18.3 Å². The molecule has 2 aromatic rings. The molecule has 1 amide bonds. The zero-order chi connectivity index (χ0) is 16.7. The molecule has 1 aromatic heterocycles. The number of nitrogens with zero attached hydrogens (tertiary/aromatic N) is 1. The molecule has 0 bridgehead atoms. The van der Waals surface area contributed by atoms with Crippen molar-refractivity contribution in [2.75, 3.05) is 11.9 Å². The van der Waals surface area contributed by atoms with E-state index < -0.39 is 11.7 Å². The highest BCUT2D eigenvalue weighted by molar-refractivity contribution is 5.76. The molecule has 0 atom stereocenters. The second kappa shape index (κ2) is 7.62. The average Bonchev–Trinajstić information content (AvgIpc) is 2.53. The van der Waals surface area contributed by atoms with Crippen LogP contribution in [-0.2, 0) is 17.5 Å². The first-order valence-electron chi connectivity index (χ1n) is 7.03. The molecule has 2 rings (SSSR count). The summed E-state index contributed by atoms with van der Waals surface area (Å²) in [5.74, 6) is -0.199. The van der Waals surface area contributed by atoms with Gasteiger partial charge in [-0.05, 0) is 30.3 Å². The molecule has 0 spiro atoms. The number of halogens is 3. The van der Waals surface area contributed by atoms with Crippen molar-refractivity contribution < 1.29 is 18.0 Å². The Morgan fingerprint density at radius 2 is 1.96 bits per heavy atom. The molecule has 2 N–H and O–H groups in total. The topological polar surface area (TPSA) is 54.0 Å². The predicted molar refractivity (Wildman–Crippen MR) is 80.6 cm³/mol. The molecule has 0 saturated heterocycles. The van der Waals surface area contributed by atoms with Gasteiger partial charge in [-0.15, -0.1) is 0 Å². The van der Waals surface area contributed by atoms with E-state index in [1.807, 2.05) is 6.07 Å². The average molecular weight is 323 g/mol. The van der Waals surface area contributed by atoms with Crippen molar-refractivity contribution in [3.05, 3.63) is 59.9 Å². The van der Waals surface area contributed by atoms with E-state index in [0.29, 0.717) is 12.2 Å². The first-order valence-corrected chi connectivity index (χ1v) is 7.03. The zero-order valence-corrected chi connectivity index (χ0v) is 12.2. The summed E-state index contributed by atoms with van der Waals surface area (Å²) in [6, 6.07) is 10.3. The van der Waals surface area contributed by atoms with E-state index in [0.717, 1.165) is 17.8 Å². The lowest BCUT2D eigenvalue weighted by molar-refractivity contribution is -0.137. The molecule has 7 heteroatoms. The van der Waals surface area contributed by atoms with Crippen LogP contribution in [0.2, 0.25) is 0 Å². The fraction of sp³-hybridized carbons (Fsp3) is 0.250. The summed E-state index contributed by atoms with van der Waals surface area (Å²) in [4.78, 5) is 15.7. The minimum Gasteiger partial charge on any atom is -0.385 e. The van der Waals surface area contributed by atoms with Gasteiger partial charge in [-0.25, -0.2) is 0 Å². The van der Waals surface area contributed by atoms with Gasteiger partial charge in [-0.3, -0.25) is 9.78 Å². The van der Waals surface area contributed by atoms with Crippen LogP contribution in [-0.4, -0.2) is 17.4 Å². The number of pyridine rings is 1. The zero-order valence-electron chi connectivity index (χ0n) is 12.2. The number of carbonyl (C=O) groups excluding carboxylic acids is 1. The van der Waals surface area contributed by atoms with E-state index in [2.05, 4.69) is 15.6 Å². The third-order valence-corrected chi connectivity index (χ3v) is 3.06. The molecule has 4 nitrogen and oxygen atoms in total. The van der Waals surface area contributed by atoms with E-state index in [-0.39, 0.29) is 18.9 Å². The Morgan fingerprint density at radius 3 is 2.65 bits per heavy atom. The number of hydrogen-bond acceptors (Lipinski definition) is 3. The Bertz CT molecular complexity index is 645. The maximum atomic E-state index is 12.6. The second-order valence-corrected chi connectivity index (χ2v) is 4.85. The van der Waals surface area contributed by atoms with Crippen molar-refractivity contribution in [1.29, 1.82) is 0 Å². The molecule has 122 valence electrons. The highest BCUT2D eigenvalue weighted by Crippen LogP contribution is 2.30. The van der Waals surface area contributed by atoms with Gasteiger partial charge in [0.05, 0.1) is 17.8 Å². The number of hydrogen-bond donors (Lipinski definition) is 2. The van der Waals surface area contributed by atoms with Gasteiger partial charge < -0.3 is 10.6 Å². The van der Waals surface area contributed by atoms with Gasteiger partial charge in [0, 0.05) is 24.8 Å². The second-order valence-electron chi connectivity index (χ2n) is 4.85. The smallest absolute Gasteiger partial charge is 0.385 e. The largest absolute Gasteiger partial charge is 0.416 e. The van der Waals surface area contributed by atoms with Crippen LogP contribution < -0.4 is 10.6 Å². The van der Waals surface area contributed by atoms with Crippen LogP contribution in [0.15, 0.2) is 48.7 Å². The van der Waals surface area contributed by atoms with Crippen molar-refractivity contribution >= 4 is 11.6 Å². The molecule has 0 unspecified atom stereocenters. The van der Waals surface area contributed by atoms with Crippen molar-refractivity contribution in [2.24, 2.45) is 0 Å². The van der Waals surface area contributed by atoms with Crippen molar-refractivity contribution in [3.8, 4) is 0 Å². The molecule has 1 aromatic carbocycles. The molecule has 23 heavy (non-hydrogen) atoms. The van der Waals surface area contributed by atoms with E-state index in [1.165, 1.54) is 12.1 Å². The Labute approximate surface area is 131 Å². The van der Waals surface area contributed by atoms with Crippen LogP contribution in [0.3, 0.4) is 0 Å². The molecule has 0 radical (unpaired) electrons. The highest BCUT2D eigenvalue weighted by atomic mass is 19.4. The summed E-state index contributed by atoms with van der Waals surface area (Å²) < 4.78 is 37.7. The van der Waals surface area contributed by atoms with Crippen LogP contribution in [0.1, 0.15) is 17.7 Å². The van der Waals surface area contributed by atoms with Crippen molar-refractivity contribution in [3.63, 3.8) is 0 Å². The fourth-order valence-electron chi connectivity index (χ4n) is 1.91. The number of benzene rings is 1. The summed E-state index contributed by atoms with van der Waals surface area (Å²) in [5.41, 5.74) is 0.353. The van der Waals surface area contributed by atoms with Crippen LogP contribution in [0.5, 0.6) is 0 Å². The maximum absolute atomic E-state index is 12.6. The fourth-order valence-corrected chi connectivity index (χ4v) is 1.91. The number of nitrogens with one attached hydrogen (secondary N) is 2. The first-order chi connectivity index (χ1) is 10.9. The quantitative estimate of drug-likeness (QED) is 0.858. The number of amides is 1. The van der Waals surface area contributed by atoms with Gasteiger partial charge in [0.1, 0.15) is 0 Å². The maximum Gasteiger partial charge on any atom is 0.416 e. The van der Waals surface area contributed by atoms with Crippen LogP contribution in [0.25, 0.3) is 0 Å². The molecule has 0 saturated carbocycles. The Hall–Kier alpha value is -2.57. The Kier molecular flexibility index (Phi) is 5.56. The Morgan fingerprint density at radius 1 is 1.13 bits per heavy atom. The van der Waals surface area contributed by atoms with Gasteiger partial charge in [0.25, 0.3) is 0 Å². The van der Waals surface area contributed by atoms with Gasteiger partial charge >= 0.3 is 6.18 Å². The standard InChI is InChI=1S/C16H16F3N3O/c17-16(18,19)12-4-3-6-13(10-12)21-9-7-15(23)22-11-14-5-1-2-8-20-14/h1-6,8,10,21H,7,9,11H2,(H,22,23). The first kappa shape index (κ1) is 16.8. The number of rotatable bonds is 6. The monoisotopic (exact) mass is 323 g/mol. The highest BCUT2D eigenvalue weighted by Gasteiger charge is 2.30. The van der Waals surface area contributed by atoms with Crippen molar-refractivity contribution in [1.82, 2.24) is 10.3 Å². The summed E-state index contributed by atoms with van der Waals surface area (Å²) >= 11 is 0. The third-order valence-electron chi connectivity index (χ3n) is 3.06. The lowest BCUT2D eigenvalue weighted by atomic mass is 10.2. The Balaban J connectivity index is 1.75. The minimum absolute atomic E-state index is 0.156. The molecule has 1 heterocycles. The molecular weight excluding hydrogens is 307 g/mol. The van der Waals surface area contributed by atoms with E-state index in [4.69, 9.17) is 0 Å². The number of anilines is 1. The molecule has 0 aliphatic rings. The van der Waals surface area contributed by atoms with Crippen LogP contribution >= 0.6 is 0 Å². The molecule has 0 aliphatic heterocycles. The van der Waals surface area contributed by atoms with Gasteiger partial charge in [-0.2, -0.15) is 13.2 Å².